The largest absolute Gasteiger partial charge is 0.308 e. The molecule has 0 aliphatic carbocycles. The van der Waals surface area contributed by atoms with Crippen LogP contribution in [-0.2, 0) is 0 Å². The zero-order chi connectivity index (χ0) is 37.7. The van der Waals surface area contributed by atoms with Gasteiger partial charge < -0.3 is 9.47 Å². The van der Waals surface area contributed by atoms with Crippen LogP contribution in [0, 0.1) is 0 Å². The van der Waals surface area contributed by atoms with Crippen molar-refractivity contribution in [3.63, 3.8) is 0 Å². The standard InChI is InChI=1S/C54H36N2S/c1-2-18-37(19-3-1)39-20-4-5-21-40(39)41-22-6-7-23-42(41)43-24-8-12-28-48(43)55(38-34-35-54-47(36-38)46-27-11-17-33-53(46)57-54)51-31-15-16-32-52(51)56-49-29-13-9-25-44(49)45-26-10-14-30-50(45)56/h1-36H. The Morgan fingerprint density at radius 1 is 0.333 bits per heavy atom. The lowest BCUT2D eigenvalue weighted by molar-refractivity contribution is 1.15. The molecule has 57 heavy (non-hydrogen) atoms. The molecular formula is C54H36N2S. The van der Waals surface area contributed by atoms with Gasteiger partial charge in [0.15, 0.2) is 0 Å². The summed E-state index contributed by atoms with van der Waals surface area (Å²) < 4.78 is 5.03. The van der Waals surface area contributed by atoms with Crippen molar-refractivity contribution < 1.29 is 0 Å². The first-order valence-electron chi connectivity index (χ1n) is 19.4. The molecule has 0 saturated heterocycles. The van der Waals surface area contributed by atoms with E-state index >= 15 is 0 Å². The van der Waals surface area contributed by atoms with Gasteiger partial charge >= 0.3 is 0 Å². The summed E-state index contributed by atoms with van der Waals surface area (Å²) in [6.45, 7) is 0. The second-order valence-electron chi connectivity index (χ2n) is 14.4. The van der Waals surface area contributed by atoms with E-state index in [2.05, 4.69) is 228 Å². The van der Waals surface area contributed by atoms with Crippen molar-refractivity contribution >= 4 is 70.4 Å². The smallest absolute Gasteiger partial charge is 0.0702 e. The van der Waals surface area contributed by atoms with Gasteiger partial charge in [-0.15, -0.1) is 11.3 Å². The maximum atomic E-state index is 2.49. The molecule has 0 bridgehead atoms. The first-order valence-corrected chi connectivity index (χ1v) is 20.3. The Labute approximate surface area is 335 Å². The van der Waals surface area contributed by atoms with Gasteiger partial charge in [0.05, 0.1) is 28.1 Å². The second-order valence-corrected chi connectivity index (χ2v) is 15.5. The highest BCUT2D eigenvalue weighted by Crippen LogP contribution is 2.48. The number of anilines is 3. The summed E-state index contributed by atoms with van der Waals surface area (Å²) in [5.41, 5.74) is 13.9. The molecular weight excluding hydrogens is 709 g/mol. The Morgan fingerprint density at radius 2 is 0.825 bits per heavy atom. The summed E-state index contributed by atoms with van der Waals surface area (Å²) in [7, 11) is 0. The fourth-order valence-corrected chi connectivity index (χ4v) is 9.81. The Morgan fingerprint density at radius 3 is 1.54 bits per heavy atom. The van der Waals surface area contributed by atoms with Crippen LogP contribution in [0.25, 0.3) is 81.0 Å². The number of aromatic nitrogens is 1. The van der Waals surface area contributed by atoms with E-state index in [-0.39, 0.29) is 0 Å². The van der Waals surface area contributed by atoms with Crippen LogP contribution in [0.4, 0.5) is 17.1 Å². The number of fused-ring (bicyclic) bond motifs is 6. The minimum Gasteiger partial charge on any atom is -0.308 e. The van der Waals surface area contributed by atoms with E-state index in [0.29, 0.717) is 0 Å². The van der Waals surface area contributed by atoms with Gasteiger partial charge in [0.1, 0.15) is 0 Å². The molecule has 0 fully saturated rings. The summed E-state index contributed by atoms with van der Waals surface area (Å²) in [4.78, 5) is 2.49. The van der Waals surface area contributed by atoms with Gasteiger partial charge in [-0.1, -0.05) is 164 Å². The van der Waals surface area contributed by atoms with Crippen LogP contribution < -0.4 is 4.90 Å². The molecule has 0 saturated carbocycles. The molecule has 0 spiro atoms. The molecule has 0 unspecified atom stereocenters. The van der Waals surface area contributed by atoms with Crippen LogP contribution >= 0.6 is 11.3 Å². The number of hydrogen-bond acceptors (Lipinski definition) is 2. The number of para-hydroxylation sites is 5. The minimum atomic E-state index is 1.09. The fourth-order valence-electron chi connectivity index (χ4n) is 8.72. The van der Waals surface area contributed by atoms with Crippen LogP contribution in [-0.4, -0.2) is 4.57 Å². The first-order chi connectivity index (χ1) is 28.3. The Kier molecular flexibility index (Phi) is 8.04. The third-order valence-corrected chi connectivity index (χ3v) is 12.4. The van der Waals surface area contributed by atoms with Crippen molar-refractivity contribution in [3.05, 3.63) is 218 Å². The van der Waals surface area contributed by atoms with Gasteiger partial charge in [0.25, 0.3) is 0 Å². The van der Waals surface area contributed by atoms with Crippen LogP contribution in [0.3, 0.4) is 0 Å². The lowest BCUT2D eigenvalue weighted by Gasteiger charge is -2.30. The molecule has 2 aromatic heterocycles. The Hall–Kier alpha value is -7.20. The molecule has 268 valence electrons. The molecule has 2 nitrogen and oxygen atoms in total. The summed E-state index contributed by atoms with van der Waals surface area (Å²) in [5, 5.41) is 5.03. The van der Waals surface area contributed by atoms with E-state index < -0.39 is 0 Å². The maximum Gasteiger partial charge on any atom is 0.0702 e. The van der Waals surface area contributed by atoms with Crippen molar-refractivity contribution in [2.75, 3.05) is 4.90 Å². The minimum absolute atomic E-state index is 1.09. The number of hydrogen-bond donors (Lipinski definition) is 0. The molecule has 2 heterocycles. The maximum absolute atomic E-state index is 2.49. The summed E-state index contributed by atoms with van der Waals surface area (Å²) in [6, 6.07) is 79.5. The predicted molar refractivity (Wildman–Crippen MR) is 245 cm³/mol. The van der Waals surface area contributed by atoms with E-state index in [1.54, 1.807) is 0 Å². The molecule has 0 aliphatic rings. The topological polar surface area (TPSA) is 8.17 Å². The van der Waals surface area contributed by atoms with Gasteiger partial charge in [-0.2, -0.15) is 0 Å². The van der Waals surface area contributed by atoms with Crippen molar-refractivity contribution in [3.8, 4) is 39.1 Å². The molecule has 0 atom stereocenters. The molecule has 0 radical (unpaired) electrons. The van der Waals surface area contributed by atoms with E-state index in [4.69, 9.17) is 0 Å². The number of benzene rings is 9. The highest BCUT2D eigenvalue weighted by molar-refractivity contribution is 7.25. The second kappa shape index (κ2) is 13.8. The fraction of sp³-hybridized carbons (Fsp3) is 0. The third-order valence-electron chi connectivity index (χ3n) is 11.2. The SMILES string of the molecule is c1ccc(-c2ccccc2-c2ccccc2-c2ccccc2N(c2ccc3sc4ccccc4c3c2)c2ccccc2-n2c3ccccc3c3ccccc32)cc1. The Balaban J connectivity index is 1.20. The van der Waals surface area contributed by atoms with Gasteiger partial charge in [0.2, 0.25) is 0 Å². The highest BCUT2D eigenvalue weighted by Gasteiger charge is 2.24. The van der Waals surface area contributed by atoms with Crippen LogP contribution in [0.2, 0.25) is 0 Å². The highest BCUT2D eigenvalue weighted by atomic mass is 32.1. The average molecular weight is 745 g/mol. The van der Waals surface area contributed by atoms with Crippen molar-refractivity contribution in [2.24, 2.45) is 0 Å². The van der Waals surface area contributed by atoms with Crippen LogP contribution in [0.5, 0.6) is 0 Å². The van der Waals surface area contributed by atoms with E-state index in [1.165, 1.54) is 69.8 Å². The van der Waals surface area contributed by atoms with E-state index in [0.717, 1.165) is 28.3 Å². The number of nitrogens with zero attached hydrogens (tertiary/aromatic N) is 2. The summed E-state index contributed by atoms with van der Waals surface area (Å²) in [6.07, 6.45) is 0. The molecule has 0 N–H and O–H groups in total. The third kappa shape index (κ3) is 5.55. The first kappa shape index (κ1) is 33.2. The van der Waals surface area contributed by atoms with Gasteiger partial charge in [-0.05, 0) is 82.4 Å². The monoisotopic (exact) mass is 744 g/mol. The average Bonchev–Trinajstić information content (AvgIpc) is 3.83. The van der Waals surface area contributed by atoms with E-state index in [9.17, 15) is 0 Å². The summed E-state index contributed by atoms with van der Waals surface area (Å²) in [5.74, 6) is 0. The van der Waals surface area contributed by atoms with Gasteiger partial charge in [0, 0.05) is 42.2 Å². The normalized spacial score (nSPS) is 11.5. The lowest BCUT2D eigenvalue weighted by atomic mass is 9.88. The molecule has 0 amide bonds. The van der Waals surface area contributed by atoms with Crippen molar-refractivity contribution in [1.82, 2.24) is 4.57 Å². The lowest BCUT2D eigenvalue weighted by Crippen LogP contribution is -2.14. The molecule has 11 aromatic rings. The van der Waals surface area contributed by atoms with E-state index in [1.807, 2.05) is 11.3 Å². The molecule has 0 aliphatic heterocycles. The zero-order valence-corrected chi connectivity index (χ0v) is 31.9. The van der Waals surface area contributed by atoms with Gasteiger partial charge in [-0.25, -0.2) is 0 Å². The van der Waals surface area contributed by atoms with Crippen molar-refractivity contribution in [1.29, 1.82) is 0 Å². The molecule has 11 rings (SSSR count). The van der Waals surface area contributed by atoms with Crippen LogP contribution in [0.1, 0.15) is 0 Å². The van der Waals surface area contributed by atoms with Crippen LogP contribution in [0.15, 0.2) is 218 Å². The number of thiophene rings is 1. The molecule has 3 heteroatoms. The quantitative estimate of drug-likeness (QED) is 0.158. The molecule has 9 aromatic carbocycles. The predicted octanol–water partition coefficient (Wildman–Crippen LogP) is 15.6. The van der Waals surface area contributed by atoms with Gasteiger partial charge in [-0.3, -0.25) is 0 Å². The van der Waals surface area contributed by atoms with Crippen molar-refractivity contribution in [2.45, 2.75) is 0 Å². The number of rotatable bonds is 7. The Bertz CT molecular complexity index is 3210. The summed E-state index contributed by atoms with van der Waals surface area (Å²) >= 11 is 1.85. The zero-order valence-electron chi connectivity index (χ0n) is 31.1.